The first-order valence-electron chi connectivity index (χ1n) is 12.1. The van der Waals surface area contributed by atoms with E-state index in [0.29, 0.717) is 11.5 Å². The molecular weight excluding hydrogens is 452 g/mol. The zero-order valence-corrected chi connectivity index (χ0v) is 19.9. The van der Waals surface area contributed by atoms with Crippen LogP contribution in [-0.4, -0.2) is 25.0 Å². The summed E-state index contributed by atoms with van der Waals surface area (Å²) < 4.78 is 16.5. The summed E-state index contributed by atoms with van der Waals surface area (Å²) in [5.74, 6) is -0.0339. The van der Waals surface area contributed by atoms with Crippen LogP contribution in [0.3, 0.4) is 0 Å². The fraction of sp³-hybridized carbons (Fsp3) is 0.194. The van der Waals surface area contributed by atoms with Crippen LogP contribution in [0.25, 0.3) is 0 Å². The van der Waals surface area contributed by atoms with Gasteiger partial charge in [0.25, 0.3) is 0 Å². The topological polar surface area (TPSA) is 65.0 Å². The molecule has 0 radical (unpaired) electrons. The van der Waals surface area contributed by atoms with Crippen LogP contribution in [0.5, 0.6) is 17.2 Å². The van der Waals surface area contributed by atoms with Crippen LogP contribution < -0.4 is 14.2 Å². The number of hydrogen-bond donors (Lipinski definition) is 1. The number of ether oxygens (including phenoxy) is 3. The molecule has 0 fully saturated rings. The van der Waals surface area contributed by atoms with Gasteiger partial charge in [-0.2, -0.15) is 0 Å². The minimum Gasteiger partial charge on any atom is -0.497 e. The van der Waals surface area contributed by atoms with E-state index >= 15 is 0 Å². The van der Waals surface area contributed by atoms with Gasteiger partial charge >= 0.3 is 5.97 Å². The van der Waals surface area contributed by atoms with Gasteiger partial charge in [-0.3, -0.25) is 4.79 Å². The molecule has 4 aromatic carbocycles. The Morgan fingerprint density at radius 3 is 2.36 bits per heavy atom. The normalized spacial score (nSPS) is 19.6. The molecule has 0 bridgehead atoms. The minimum absolute atomic E-state index is 0.177. The Morgan fingerprint density at radius 2 is 1.61 bits per heavy atom. The Bertz CT molecular complexity index is 1410. The van der Waals surface area contributed by atoms with Crippen LogP contribution in [-0.2, 0) is 11.2 Å². The number of rotatable bonds is 6. The lowest BCUT2D eigenvalue weighted by molar-refractivity contribution is -0.142. The standard InChI is InChI=1S/C31H26O5/c1-34-23-13-10-20(11-14-23)27-24-9-5-8-21(16-19-6-3-2-4-7-19)28(24)29(30(27)31(32)33)22-12-15-25-26(17-22)36-18-35-25/h2-15,17,27,29-30H,16,18H2,1H3,(H,32,33). The number of carboxylic acid groups (broad SMARTS) is 1. The van der Waals surface area contributed by atoms with Crippen LogP contribution in [0.2, 0.25) is 0 Å². The van der Waals surface area contributed by atoms with Gasteiger partial charge in [0.15, 0.2) is 11.5 Å². The molecule has 0 spiro atoms. The van der Waals surface area contributed by atoms with Gasteiger partial charge in [0.2, 0.25) is 6.79 Å². The maximum Gasteiger partial charge on any atom is 0.308 e. The smallest absolute Gasteiger partial charge is 0.308 e. The Morgan fingerprint density at radius 1 is 0.861 bits per heavy atom. The lowest BCUT2D eigenvalue weighted by Gasteiger charge is -2.23. The Labute approximate surface area is 209 Å². The highest BCUT2D eigenvalue weighted by Crippen LogP contribution is 2.55. The van der Waals surface area contributed by atoms with Crippen molar-refractivity contribution < 1.29 is 24.1 Å². The van der Waals surface area contributed by atoms with Gasteiger partial charge in [0, 0.05) is 11.8 Å². The summed E-state index contributed by atoms with van der Waals surface area (Å²) in [5.41, 5.74) is 6.37. The molecule has 5 nitrogen and oxygen atoms in total. The molecule has 0 amide bonds. The highest BCUT2D eigenvalue weighted by Gasteiger charge is 2.47. The molecule has 3 unspecified atom stereocenters. The second kappa shape index (κ2) is 9.08. The predicted octanol–water partition coefficient (Wildman–Crippen LogP) is 5.99. The van der Waals surface area contributed by atoms with E-state index in [4.69, 9.17) is 14.2 Å². The number of aliphatic carboxylic acids is 1. The first-order chi connectivity index (χ1) is 17.6. The van der Waals surface area contributed by atoms with Gasteiger partial charge in [-0.1, -0.05) is 66.7 Å². The predicted molar refractivity (Wildman–Crippen MR) is 136 cm³/mol. The molecule has 1 aliphatic heterocycles. The van der Waals surface area contributed by atoms with Gasteiger partial charge in [0.05, 0.1) is 13.0 Å². The van der Waals surface area contributed by atoms with Crippen LogP contribution >= 0.6 is 0 Å². The molecule has 3 atom stereocenters. The number of carboxylic acids is 1. The fourth-order valence-electron chi connectivity index (χ4n) is 5.78. The summed E-state index contributed by atoms with van der Waals surface area (Å²) in [5, 5.41) is 10.6. The number of methoxy groups -OCH3 is 1. The summed E-state index contributed by atoms with van der Waals surface area (Å²) in [7, 11) is 1.63. The van der Waals surface area contributed by atoms with E-state index in [9.17, 15) is 9.90 Å². The van der Waals surface area contributed by atoms with Crippen LogP contribution in [0.1, 0.15) is 45.2 Å². The SMILES string of the molecule is COc1ccc(C2c3cccc(Cc4ccccc4)c3C(c3ccc4c(c3)OCO4)C2C(=O)O)cc1. The molecule has 6 rings (SSSR count). The van der Waals surface area contributed by atoms with Crippen molar-refractivity contribution in [3.63, 3.8) is 0 Å². The first kappa shape index (κ1) is 22.2. The van der Waals surface area contributed by atoms with Crippen molar-refractivity contribution in [3.05, 3.63) is 124 Å². The third-order valence-corrected chi connectivity index (χ3v) is 7.35. The highest BCUT2D eigenvalue weighted by atomic mass is 16.7. The molecule has 0 saturated carbocycles. The highest BCUT2D eigenvalue weighted by molar-refractivity contribution is 5.78. The molecule has 5 heteroatoms. The molecule has 0 aromatic heterocycles. The second-order valence-corrected chi connectivity index (χ2v) is 9.29. The van der Waals surface area contributed by atoms with Gasteiger partial charge in [-0.15, -0.1) is 0 Å². The average molecular weight is 479 g/mol. The maximum absolute atomic E-state index is 13.0. The summed E-state index contributed by atoms with van der Waals surface area (Å²) in [6.07, 6.45) is 0.729. The van der Waals surface area contributed by atoms with Crippen LogP contribution in [0, 0.1) is 5.92 Å². The van der Waals surface area contributed by atoms with E-state index in [2.05, 4.69) is 30.3 Å². The van der Waals surface area contributed by atoms with Crippen LogP contribution in [0.4, 0.5) is 0 Å². The summed E-state index contributed by atoms with van der Waals surface area (Å²) in [4.78, 5) is 13.0. The molecule has 36 heavy (non-hydrogen) atoms. The molecular formula is C31H26O5. The van der Waals surface area contributed by atoms with Gasteiger partial charge in [-0.05, 0) is 64.1 Å². The lowest BCUT2D eigenvalue weighted by Crippen LogP contribution is -2.24. The van der Waals surface area contributed by atoms with E-state index < -0.39 is 11.9 Å². The van der Waals surface area contributed by atoms with Gasteiger partial charge in [-0.25, -0.2) is 0 Å². The quantitative estimate of drug-likeness (QED) is 0.369. The van der Waals surface area contributed by atoms with E-state index in [1.165, 1.54) is 5.56 Å². The largest absolute Gasteiger partial charge is 0.497 e. The number of carbonyl (C=O) groups is 1. The summed E-state index contributed by atoms with van der Waals surface area (Å²) >= 11 is 0. The number of benzene rings is 4. The zero-order chi connectivity index (χ0) is 24.6. The van der Waals surface area contributed by atoms with E-state index in [0.717, 1.165) is 40.0 Å². The van der Waals surface area contributed by atoms with Crippen molar-refractivity contribution in [3.8, 4) is 17.2 Å². The lowest BCUT2D eigenvalue weighted by atomic mass is 9.79. The van der Waals surface area contributed by atoms with Crippen molar-refractivity contribution in [1.29, 1.82) is 0 Å². The Hall–Kier alpha value is -4.25. The summed E-state index contributed by atoms with van der Waals surface area (Å²) in [6, 6.07) is 30.1. The van der Waals surface area contributed by atoms with Crippen molar-refractivity contribution in [2.75, 3.05) is 13.9 Å². The van der Waals surface area contributed by atoms with E-state index in [-0.39, 0.29) is 18.6 Å². The number of hydrogen-bond acceptors (Lipinski definition) is 4. The minimum atomic E-state index is -0.819. The van der Waals surface area contributed by atoms with E-state index in [1.54, 1.807) is 7.11 Å². The molecule has 2 aliphatic rings. The molecule has 4 aromatic rings. The van der Waals surface area contributed by atoms with Crippen molar-refractivity contribution in [2.24, 2.45) is 5.92 Å². The van der Waals surface area contributed by atoms with Gasteiger partial charge in [0.1, 0.15) is 5.75 Å². The van der Waals surface area contributed by atoms with Gasteiger partial charge < -0.3 is 19.3 Å². The fourth-order valence-corrected chi connectivity index (χ4v) is 5.78. The Kier molecular flexibility index (Phi) is 5.61. The number of fused-ring (bicyclic) bond motifs is 2. The molecule has 0 saturated heterocycles. The van der Waals surface area contributed by atoms with Crippen molar-refractivity contribution in [2.45, 2.75) is 18.3 Å². The third-order valence-electron chi connectivity index (χ3n) is 7.35. The maximum atomic E-state index is 13.0. The molecule has 180 valence electrons. The van der Waals surface area contributed by atoms with Crippen molar-refractivity contribution >= 4 is 5.97 Å². The van der Waals surface area contributed by atoms with Crippen molar-refractivity contribution in [1.82, 2.24) is 0 Å². The summed E-state index contributed by atoms with van der Waals surface area (Å²) in [6.45, 7) is 0.177. The molecule has 1 heterocycles. The first-order valence-corrected chi connectivity index (χ1v) is 12.1. The average Bonchev–Trinajstić information content (AvgIpc) is 3.52. The third kappa shape index (κ3) is 3.77. The second-order valence-electron chi connectivity index (χ2n) is 9.29. The molecule has 1 aliphatic carbocycles. The Balaban J connectivity index is 1.55. The molecule has 1 N–H and O–H groups in total. The van der Waals surface area contributed by atoms with Crippen LogP contribution in [0.15, 0.2) is 91.0 Å². The monoisotopic (exact) mass is 478 g/mol. The van der Waals surface area contributed by atoms with E-state index in [1.807, 2.05) is 60.7 Å². The zero-order valence-electron chi connectivity index (χ0n) is 19.9.